The van der Waals surface area contributed by atoms with E-state index in [2.05, 4.69) is 33.4 Å². The molecule has 3 aliphatic rings. The molecule has 0 aliphatic carbocycles. The number of nitrogens with zero attached hydrogens (tertiary/aromatic N) is 2. The zero-order valence-electron chi connectivity index (χ0n) is 21.1. The predicted molar refractivity (Wildman–Crippen MR) is 148 cm³/mol. The highest BCUT2D eigenvalue weighted by molar-refractivity contribution is 7.18. The minimum atomic E-state index is -0.144. The summed E-state index contributed by atoms with van der Waals surface area (Å²) in [5, 5.41) is 14.2. The number of aromatic nitrogens is 1. The number of rotatable bonds is 7. The molecule has 5 heterocycles. The highest BCUT2D eigenvalue weighted by atomic mass is 32.1. The summed E-state index contributed by atoms with van der Waals surface area (Å²) < 4.78 is 0. The summed E-state index contributed by atoms with van der Waals surface area (Å²) in [5.74, 6) is 0.171. The Balaban J connectivity index is 1.07. The van der Waals surface area contributed by atoms with Crippen LogP contribution in [0.3, 0.4) is 0 Å². The average Bonchev–Trinajstić information content (AvgIpc) is 3.68. The van der Waals surface area contributed by atoms with E-state index >= 15 is 0 Å². The normalized spacial score (nSPS) is 18.8. The molecule has 9 nitrogen and oxygen atoms in total. The van der Waals surface area contributed by atoms with Crippen molar-refractivity contribution in [2.75, 3.05) is 25.0 Å². The van der Waals surface area contributed by atoms with E-state index < -0.39 is 0 Å². The quantitative estimate of drug-likeness (QED) is 0.360. The van der Waals surface area contributed by atoms with Crippen molar-refractivity contribution in [3.63, 3.8) is 0 Å². The number of fused-ring (bicyclic) bond motifs is 1. The predicted octanol–water partition coefficient (Wildman–Crippen LogP) is 3.04. The third-order valence-corrected chi connectivity index (χ3v) is 9.59. The zero-order chi connectivity index (χ0) is 26.2. The van der Waals surface area contributed by atoms with E-state index in [9.17, 15) is 14.4 Å². The van der Waals surface area contributed by atoms with Gasteiger partial charge < -0.3 is 26.2 Å². The molecule has 0 unspecified atom stereocenters. The first kappa shape index (κ1) is 25.2. The van der Waals surface area contributed by atoms with E-state index in [0.29, 0.717) is 29.5 Å². The first-order valence-corrected chi connectivity index (χ1v) is 14.6. The largest absolute Gasteiger partial charge is 0.352 e. The average molecular weight is 551 g/mol. The molecule has 2 aromatic heterocycles. The van der Waals surface area contributed by atoms with Crippen molar-refractivity contribution in [1.82, 2.24) is 25.8 Å². The van der Waals surface area contributed by atoms with Gasteiger partial charge in [0, 0.05) is 51.8 Å². The summed E-state index contributed by atoms with van der Waals surface area (Å²) in [6.07, 6.45) is 3.80. The van der Waals surface area contributed by atoms with Gasteiger partial charge in [0.15, 0.2) is 0 Å². The van der Waals surface area contributed by atoms with Crippen molar-refractivity contribution in [2.45, 2.75) is 51.4 Å². The molecule has 2 saturated heterocycles. The second kappa shape index (κ2) is 10.6. The van der Waals surface area contributed by atoms with E-state index in [1.165, 1.54) is 35.0 Å². The summed E-state index contributed by atoms with van der Waals surface area (Å²) in [7, 11) is 0. The Morgan fingerprint density at radius 2 is 1.95 bits per heavy atom. The standard InChI is InChI=1S/C27H30N6O3S2/c1-15(34)30-9-16-4-5-18(20-11-28-10-19(16)20)23-12-31-26(38-23)17-13-33(14-17)27(36)22-6-7-24(37-22)32-25(35)21-3-2-8-29-21/h4-7,12,17,21,28-29H,2-3,8-11,13-14H2,1H3,(H,30,34)(H,32,35)/t21-/m0/s1. The lowest BCUT2D eigenvalue weighted by Crippen LogP contribution is -2.48. The summed E-state index contributed by atoms with van der Waals surface area (Å²) in [6, 6.07) is 7.69. The first-order chi connectivity index (χ1) is 18.5. The maximum Gasteiger partial charge on any atom is 0.264 e. The van der Waals surface area contributed by atoms with Crippen LogP contribution in [0.4, 0.5) is 5.00 Å². The van der Waals surface area contributed by atoms with Crippen molar-refractivity contribution in [2.24, 2.45) is 0 Å². The smallest absolute Gasteiger partial charge is 0.264 e. The molecule has 11 heteroatoms. The third kappa shape index (κ3) is 4.98. The fourth-order valence-electron chi connectivity index (χ4n) is 5.29. The summed E-state index contributed by atoms with van der Waals surface area (Å²) in [6.45, 7) is 5.84. The fraction of sp³-hybridized carbons (Fsp3) is 0.407. The van der Waals surface area contributed by atoms with Gasteiger partial charge in [0.25, 0.3) is 5.91 Å². The number of likely N-dealkylation sites (tertiary alicyclic amines) is 1. The third-order valence-electron chi connectivity index (χ3n) is 7.41. The number of thiazole rings is 1. The van der Waals surface area contributed by atoms with Crippen LogP contribution in [0.2, 0.25) is 0 Å². The van der Waals surface area contributed by atoms with Gasteiger partial charge in [-0.1, -0.05) is 12.1 Å². The molecule has 0 bridgehead atoms. The van der Waals surface area contributed by atoms with Crippen LogP contribution in [0, 0.1) is 0 Å². The molecule has 0 spiro atoms. The molecule has 0 saturated carbocycles. The Hall–Kier alpha value is -3.12. The van der Waals surface area contributed by atoms with Gasteiger partial charge in [-0.2, -0.15) is 0 Å². The Kier molecular flexibility index (Phi) is 7.00. The molecular formula is C27H30N6O3S2. The van der Waals surface area contributed by atoms with E-state index in [0.717, 1.165) is 47.9 Å². The van der Waals surface area contributed by atoms with Gasteiger partial charge in [-0.15, -0.1) is 22.7 Å². The van der Waals surface area contributed by atoms with Crippen LogP contribution < -0.4 is 21.3 Å². The monoisotopic (exact) mass is 550 g/mol. The molecule has 0 radical (unpaired) electrons. The van der Waals surface area contributed by atoms with Crippen LogP contribution in [0.5, 0.6) is 0 Å². The number of anilines is 1. The van der Waals surface area contributed by atoms with Crippen molar-refractivity contribution >= 4 is 45.4 Å². The van der Waals surface area contributed by atoms with Crippen LogP contribution in [0.1, 0.15) is 57.1 Å². The lowest BCUT2D eigenvalue weighted by Gasteiger charge is -2.37. The molecule has 6 rings (SSSR count). The molecule has 198 valence electrons. The van der Waals surface area contributed by atoms with Gasteiger partial charge in [-0.25, -0.2) is 4.98 Å². The summed E-state index contributed by atoms with van der Waals surface area (Å²) >= 11 is 3.02. The molecule has 3 aromatic rings. The van der Waals surface area contributed by atoms with Gasteiger partial charge in [-0.3, -0.25) is 14.4 Å². The number of thiophene rings is 1. The number of hydrogen-bond acceptors (Lipinski definition) is 8. The van der Waals surface area contributed by atoms with E-state index in [1.807, 2.05) is 17.2 Å². The molecule has 3 aliphatic heterocycles. The van der Waals surface area contributed by atoms with Gasteiger partial charge in [0.2, 0.25) is 11.8 Å². The second-order valence-electron chi connectivity index (χ2n) is 10.0. The number of carbonyl (C=O) groups excluding carboxylic acids is 3. The number of nitrogens with one attached hydrogen (secondary N) is 4. The highest BCUT2D eigenvalue weighted by Crippen LogP contribution is 2.39. The topological polar surface area (TPSA) is 115 Å². The molecule has 1 aromatic carbocycles. The SMILES string of the molecule is CC(=O)NCc1ccc(-c2cnc(C3CN(C(=O)c4ccc(NC(=O)[C@@H]5CCCN5)s4)C3)s2)c2c1CNC2. The Labute approximate surface area is 229 Å². The lowest BCUT2D eigenvalue weighted by molar-refractivity contribution is -0.119. The molecule has 3 amide bonds. The number of carbonyl (C=O) groups is 3. The molecule has 4 N–H and O–H groups in total. The molecule has 38 heavy (non-hydrogen) atoms. The minimum absolute atomic E-state index is 0.00109. The van der Waals surface area contributed by atoms with Gasteiger partial charge in [0.05, 0.1) is 25.8 Å². The summed E-state index contributed by atoms with van der Waals surface area (Å²) in [4.78, 5) is 45.0. The number of benzene rings is 1. The lowest BCUT2D eigenvalue weighted by atomic mass is 9.97. The van der Waals surface area contributed by atoms with Gasteiger partial charge >= 0.3 is 0 Å². The molecular weight excluding hydrogens is 520 g/mol. The Morgan fingerprint density at radius 3 is 2.74 bits per heavy atom. The minimum Gasteiger partial charge on any atom is -0.352 e. The maximum atomic E-state index is 13.0. The Bertz CT molecular complexity index is 1390. The van der Waals surface area contributed by atoms with Crippen molar-refractivity contribution < 1.29 is 14.4 Å². The fourth-order valence-corrected chi connectivity index (χ4v) is 7.22. The molecule has 1 atom stereocenters. The van der Waals surface area contributed by atoms with Crippen molar-refractivity contribution in [3.05, 3.63) is 57.0 Å². The second-order valence-corrected chi connectivity index (χ2v) is 12.2. The van der Waals surface area contributed by atoms with Crippen LogP contribution in [-0.4, -0.2) is 53.3 Å². The van der Waals surface area contributed by atoms with Gasteiger partial charge in [-0.05, 0) is 53.8 Å². The van der Waals surface area contributed by atoms with Crippen LogP contribution >= 0.6 is 22.7 Å². The zero-order valence-corrected chi connectivity index (χ0v) is 22.8. The van der Waals surface area contributed by atoms with Crippen LogP contribution in [0.25, 0.3) is 10.4 Å². The number of amides is 3. The molecule has 2 fully saturated rings. The van der Waals surface area contributed by atoms with Crippen molar-refractivity contribution in [3.8, 4) is 10.4 Å². The number of hydrogen-bond donors (Lipinski definition) is 4. The van der Waals surface area contributed by atoms with Crippen LogP contribution in [0.15, 0.2) is 30.5 Å². The highest BCUT2D eigenvalue weighted by Gasteiger charge is 2.35. The van der Waals surface area contributed by atoms with Crippen LogP contribution in [-0.2, 0) is 29.2 Å². The van der Waals surface area contributed by atoms with E-state index in [4.69, 9.17) is 4.98 Å². The summed E-state index contributed by atoms with van der Waals surface area (Å²) in [5.41, 5.74) is 4.87. The van der Waals surface area contributed by atoms with Crippen molar-refractivity contribution in [1.29, 1.82) is 0 Å². The van der Waals surface area contributed by atoms with E-state index in [1.54, 1.807) is 17.4 Å². The Morgan fingerprint density at radius 1 is 1.11 bits per heavy atom. The van der Waals surface area contributed by atoms with Gasteiger partial charge in [0.1, 0.15) is 0 Å². The maximum absolute atomic E-state index is 13.0. The van der Waals surface area contributed by atoms with E-state index in [-0.39, 0.29) is 29.7 Å². The first-order valence-electron chi connectivity index (χ1n) is 12.9.